The third-order valence-corrected chi connectivity index (χ3v) is 1.77. The van der Waals surface area contributed by atoms with Crippen molar-refractivity contribution in [1.29, 1.82) is 0 Å². The smallest absolute Gasteiger partial charge is 0.00990 e. The van der Waals surface area contributed by atoms with Gasteiger partial charge in [0.05, 0.1) is 0 Å². The van der Waals surface area contributed by atoms with Crippen LogP contribution < -0.4 is 0 Å². The average Bonchev–Trinajstić information content (AvgIpc) is 2.71. The molecule has 10 heavy (non-hydrogen) atoms. The number of unbranched alkanes of at least 4 members (excludes halogenated alkanes) is 1. The molecule has 0 nitrogen and oxygen atoms in total. The standard InChI is InChI=1S/C10H12/c1-2-3-4-5-6-7-10-8-9-10/h1,10H,5-9H2. The fraction of sp³-hybridized carbons (Fsp3) is 0.600. The van der Waals surface area contributed by atoms with Crippen molar-refractivity contribution in [2.75, 3.05) is 0 Å². The molecule has 0 amide bonds. The van der Waals surface area contributed by atoms with Crippen LogP contribution in [-0.2, 0) is 0 Å². The second-order valence-electron chi connectivity index (χ2n) is 2.78. The first-order valence-electron chi connectivity index (χ1n) is 3.87. The van der Waals surface area contributed by atoms with Gasteiger partial charge in [0.15, 0.2) is 0 Å². The van der Waals surface area contributed by atoms with E-state index in [1.165, 1.54) is 25.7 Å². The first-order valence-corrected chi connectivity index (χ1v) is 3.87. The molecule has 0 aromatic rings. The lowest BCUT2D eigenvalue weighted by molar-refractivity contribution is 0.681. The minimum atomic E-state index is 0.987. The Kier molecular flexibility index (Phi) is 2.91. The largest absolute Gasteiger partial charge is 0.106 e. The van der Waals surface area contributed by atoms with Crippen LogP contribution in [0.4, 0.5) is 0 Å². The lowest BCUT2D eigenvalue weighted by Gasteiger charge is -1.89. The van der Waals surface area contributed by atoms with Crippen LogP contribution in [0.5, 0.6) is 0 Å². The summed E-state index contributed by atoms with van der Waals surface area (Å²) in [5.41, 5.74) is 0. The minimum Gasteiger partial charge on any atom is -0.106 e. The lowest BCUT2D eigenvalue weighted by Crippen LogP contribution is -1.75. The van der Waals surface area contributed by atoms with Crippen LogP contribution in [0, 0.1) is 30.1 Å². The molecule has 1 aliphatic carbocycles. The van der Waals surface area contributed by atoms with Crippen molar-refractivity contribution in [2.45, 2.75) is 32.1 Å². The third-order valence-electron chi connectivity index (χ3n) is 1.77. The van der Waals surface area contributed by atoms with Crippen LogP contribution in [0.1, 0.15) is 32.1 Å². The third kappa shape index (κ3) is 3.21. The molecule has 1 fully saturated rings. The van der Waals surface area contributed by atoms with Crippen molar-refractivity contribution in [1.82, 2.24) is 0 Å². The summed E-state index contributed by atoms with van der Waals surface area (Å²) in [6.07, 6.45) is 11.4. The SMILES string of the molecule is C#CC#CCCCC1CC1. The average molecular weight is 132 g/mol. The monoisotopic (exact) mass is 132 g/mol. The summed E-state index contributed by atoms with van der Waals surface area (Å²) in [5, 5.41) is 0. The van der Waals surface area contributed by atoms with Gasteiger partial charge in [-0.3, -0.25) is 0 Å². The first-order chi connectivity index (χ1) is 4.93. The molecule has 0 aromatic heterocycles. The molecule has 52 valence electrons. The Morgan fingerprint density at radius 1 is 1.40 bits per heavy atom. The quantitative estimate of drug-likeness (QED) is 0.408. The molecule has 0 N–H and O–H groups in total. The van der Waals surface area contributed by atoms with Crippen molar-refractivity contribution in [3.63, 3.8) is 0 Å². The van der Waals surface area contributed by atoms with E-state index in [9.17, 15) is 0 Å². The summed E-state index contributed by atoms with van der Waals surface area (Å²) in [6.45, 7) is 0. The fourth-order valence-corrected chi connectivity index (χ4v) is 0.999. The van der Waals surface area contributed by atoms with Crippen LogP contribution in [0.2, 0.25) is 0 Å². The Morgan fingerprint density at radius 3 is 2.80 bits per heavy atom. The van der Waals surface area contributed by atoms with E-state index in [1.807, 2.05) is 0 Å². The van der Waals surface area contributed by atoms with E-state index < -0.39 is 0 Å². The van der Waals surface area contributed by atoms with Gasteiger partial charge >= 0.3 is 0 Å². The van der Waals surface area contributed by atoms with Gasteiger partial charge in [-0.15, -0.1) is 6.42 Å². The number of hydrogen-bond acceptors (Lipinski definition) is 0. The van der Waals surface area contributed by atoms with Crippen molar-refractivity contribution >= 4 is 0 Å². The van der Waals surface area contributed by atoms with Gasteiger partial charge in [-0.25, -0.2) is 0 Å². The molecule has 0 aliphatic heterocycles. The van der Waals surface area contributed by atoms with E-state index in [4.69, 9.17) is 6.42 Å². The lowest BCUT2D eigenvalue weighted by atomic mass is 10.2. The van der Waals surface area contributed by atoms with Gasteiger partial charge < -0.3 is 0 Å². The predicted octanol–water partition coefficient (Wildman–Crippen LogP) is 2.20. The van der Waals surface area contributed by atoms with E-state index in [-0.39, 0.29) is 0 Å². The zero-order chi connectivity index (χ0) is 7.23. The molecule has 0 heteroatoms. The van der Waals surface area contributed by atoms with Gasteiger partial charge in [0.2, 0.25) is 0 Å². The molecular weight excluding hydrogens is 120 g/mol. The van der Waals surface area contributed by atoms with E-state index in [2.05, 4.69) is 17.8 Å². The molecule has 1 saturated carbocycles. The molecule has 0 atom stereocenters. The summed E-state index contributed by atoms with van der Waals surface area (Å²) in [6, 6.07) is 0. The summed E-state index contributed by atoms with van der Waals surface area (Å²) < 4.78 is 0. The summed E-state index contributed by atoms with van der Waals surface area (Å²) in [7, 11) is 0. The van der Waals surface area contributed by atoms with Crippen molar-refractivity contribution in [3.8, 4) is 24.2 Å². The zero-order valence-electron chi connectivity index (χ0n) is 6.19. The van der Waals surface area contributed by atoms with Gasteiger partial charge in [0.1, 0.15) is 0 Å². The van der Waals surface area contributed by atoms with Gasteiger partial charge in [-0.05, 0) is 30.6 Å². The van der Waals surface area contributed by atoms with E-state index in [1.54, 1.807) is 0 Å². The molecule has 0 saturated heterocycles. The summed E-state index contributed by atoms with van der Waals surface area (Å²) >= 11 is 0. The van der Waals surface area contributed by atoms with Gasteiger partial charge in [-0.2, -0.15) is 0 Å². The zero-order valence-corrected chi connectivity index (χ0v) is 6.19. The van der Waals surface area contributed by atoms with Crippen molar-refractivity contribution in [2.24, 2.45) is 5.92 Å². The summed E-state index contributed by atoms with van der Waals surface area (Å²) in [5.74, 6) is 8.90. The topological polar surface area (TPSA) is 0 Å². The van der Waals surface area contributed by atoms with Crippen molar-refractivity contribution in [3.05, 3.63) is 0 Å². The number of terminal acetylenes is 1. The predicted molar refractivity (Wildman–Crippen MR) is 43.2 cm³/mol. The fourth-order valence-electron chi connectivity index (χ4n) is 0.999. The highest BCUT2D eigenvalue weighted by Crippen LogP contribution is 2.33. The Labute approximate surface area is 63.0 Å². The minimum absolute atomic E-state index is 0.987. The molecular formula is C10H12. The normalized spacial score (nSPS) is 15.1. The number of hydrogen-bond donors (Lipinski definition) is 0. The van der Waals surface area contributed by atoms with Crippen molar-refractivity contribution < 1.29 is 0 Å². The Bertz CT molecular complexity index is 180. The molecule has 0 aromatic carbocycles. The molecule has 0 unspecified atom stereocenters. The first kappa shape index (κ1) is 7.23. The molecule has 0 radical (unpaired) electrons. The van der Waals surface area contributed by atoms with Crippen LogP contribution in [0.3, 0.4) is 0 Å². The Morgan fingerprint density at radius 2 is 2.20 bits per heavy atom. The second-order valence-corrected chi connectivity index (χ2v) is 2.78. The maximum Gasteiger partial charge on any atom is 0.00990 e. The highest BCUT2D eigenvalue weighted by atomic mass is 14.2. The van der Waals surface area contributed by atoms with E-state index in [0.717, 1.165) is 12.3 Å². The van der Waals surface area contributed by atoms with Gasteiger partial charge in [0, 0.05) is 6.42 Å². The van der Waals surface area contributed by atoms with Crippen LogP contribution in [0.25, 0.3) is 0 Å². The maximum absolute atomic E-state index is 4.96. The number of rotatable bonds is 3. The molecule has 1 aliphatic rings. The molecule has 0 bridgehead atoms. The van der Waals surface area contributed by atoms with E-state index in [0.29, 0.717) is 0 Å². The highest BCUT2D eigenvalue weighted by molar-refractivity contribution is 5.21. The maximum atomic E-state index is 4.96. The van der Waals surface area contributed by atoms with Crippen LogP contribution in [-0.4, -0.2) is 0 Å². The highest BCUT2D eigenvalue weighted by Gasteiger charge is 2.19. The molecule has 0 heterocycles. The molecule has 1 rings (SSSR count). The van der Waals surface area contributed by atoms with Gasteiger partial charge in [-0.1, -0.05) is 18.8 Å². The molecule has 0 spiro atoms. The Hall–Kier alpha value is -0.880. The van der Waals surface area contributed by atoms with E-state index >= 15 is 0 Å². The van der Waals surface area contributed by atoms with Gasteiger partial charge in [0.25, 0.3) is 0 Å². The second kappa shape index (κ2) is 4.02. The van der Waals surface area contributed by atoms with Crippen LogP contribution >= 0.6 is 0 Å². The Balaban J connectivity index is 1.90. The van der Waals surface area contributed by atoms with Crippen LogP contribution in [0.15, 0.2) is 0 Å². The summed E-state index contributed by atoms with van der Waals surface area (Å²) in [4.78, 5) is 0.